The standard InChI is InChI=1S/C14H27N5/c1-11-13(10-18(3)16-11)14(9-15)19(4)12-5-7-17(2)8-6-12/h10,12,14H,5-9,15H2,1-4H3. The fourth-order valence-electron chi connectivity index (χ4n) is 3.11. The minimum atomic E-state index is 0.280. The molecule has 1 saturated heterocycles. The minimum Gasteiger partial charge on any atom is -0.329 e. The highest BCUT2D eigenvalue weighted by molar-refractivity contribution is 5.20. The lowest BCUT2D eigenvalue weighted by molar-refractivity contribution is 0.109. The van der Waals surface area contributed by atoms with Gasteiger partial charge in [0.2, 0.25) is 0 Å². The summed E-state index contributed by atoms with van der Waals surface area (Å²) >= 11 is 0. The Balaban J connectivity index is 2.11. The first-order valence-corrected chi connectivity index (χ1v) is 7.13. The molecule has 0 spiro atoms. The highest BCUT2D eigenvalue weighted by atomic mass is 15.3. The van der Waals surface area contributed by atoms with E-state index in [1.54, 1.807) is 0 Å². The maximum atomic E-state index is 6.03. The molecule has 5 nitrogen and oxygen atoms in total. The van der Waals surface area contributed by atoms with Crippen molar-refractivity contribution in [2.24, 2.45) is 12.8 Å². The van der Waals surface area contributed by atoms with Gasteiger partial charge in [0, 0.05) is 31.4 Å². The molecule has 2 rings (SSSR count). The maximum Gasteiger partial charge on any atom is 0.0641 e. The fourth-order valence-corrected chi connectivity index (χ4v) is 3.11. The average Bonchev–Trinajstić information content (AvgIpc) is 2.70. The molecule has 0 bridgehead atoms. The van der Waals surface area contributed by atoms with Gasteiger partial charge in [-0.1, -0.05) is 0 Å². The van der Waals surface area contributed by atoms with E-state index in [0.717, 1.165) is 5.69 Å². The lowest BCUT2D eigenvalue weighted by Gasteiger charge is -2.39. The molecule has 1 atom stereocenters. The molecule has 2 heterocycles. The van der Waals surface area contributed by atoms with E-state index in [0.29, 0.717) is 12.6 Å². The van der Waals surface area contributed by atoms with Crippen molar-refractivity contribution in [1.29, 1.82) is 0 Å². The highest BCUT2D eigenvalue weighted by Gasteiger charge is 2.27. The van der Waals surface area contributed by atoms with Crippen molar-refractivity contribution >= 4 is 0 Å². The lowest BCUT2D eigenvalue weighted by Crippen LogP contribution is -2.45. The van der Waals surface area contributed by atoms with Crippen LogP contribution in [0.4, 0.5) is 0 Å². The van der Waals surface area contributed by atoms with Crippen molar-refractivity contribution in [3.05, 3.63) is 17.5 Å². The van der Waals surface area contributed by atoms with Crippen LogP contribution in [0.3, 0.4) is 0 Å². The molecule has 0 aliphatic carbocycles. The van der Waals surface area contributed by atoms with Crippen LogP contribution in [-0.2, 0) is 7.05 Å². The fraction of sp³-hybridized carbons (Fsp3) is 0.786. The third-order valence-electron chi connectivity index (χ3n) is 4.39. The van der Waals surface area contributed by atoms with Crippen LogP contribution >= 0.6 is 0 Å². The third kappa shape index (κ3) is 3.16. The molecule has 1 aromatic heterocycles. The molecule has 5 heteroatoms. The van der Waals surface area contributed by atoms with Gasteiger partial charge in [-0.3, -0.25) is 9.58 Å². The van der Waals surface area contributed by atoms with E-state index in [4.69, 9.17) is 5.73 Å². The summed E-state index contributed by atoms with van der Waals surface area (Å²) in [7, 11) is 6.38. The molecule has 1 unspecified atom stereocenters. The minimum absolute atomic E-state index is 0.280. The van der Waals surface area contributed by atoms with Gasteiger partial charge in [-0.2, -0.15) is 5.10 Å². The molecule has 1 aromatic rings. The molecule has 108 valence electrons. The molecule has 1 aliphatic heterocycles. The summed E-state index contributed by atoms with van der Waals surface area (Å²) in [5, 5.41) is 4.45. The predicted molar refractivity (Wildman–Crippen MR) is 78.0 cm³/mol. The van der Waals surface area contributed by atoms with Crippen LogP contribution in [0.2, 0.25) is 0 Å². The zero-order valence-corrected chi connectivity index (χ0v) is 12.6. The summed E-state index contributed by atoms with van der Waals surface area (Å²) in [6, 6.07) is 0.909. The lowest BCUT2D eigenvalue weighted by atomic mass is 9.99. The van der Waals surface area contributed by atoms with E-state index in [-0.39, 0.29) is 6.04 Å². The van der Waals surface area contributed by atoms with Crippen molar-refractivity contribution < 1.29 is 0 Å². The molecule has 1 fully saturated rings. The number of aryl methyl sites for hydroxylation is 2. The van der Waals surface area contributed by atoms with Crippen LogP contribution in [0.25, 0.3) is 0 Å². The third-order valence-corrected chi connectivity index (χ3v) is 4.39. The quantitative estimate of drug-likeness (QED) is 0.873. The van der Waals surface area contributed by atoms with Crippen molar-refractivity contribution in [1.82, 2.24) is 19.6 Å². The smallest absolute Gasteiger partial charge is 0.0641 e. The Morgan fingerprint density at radius 1 is 1.42 bits per heavy atom. The Morgan fingerprint density at radius 3 is 2.53 bits per heavy atom. The van der Waals surface area contributed by atoms with Gasteiger partial charge < -0.3 is 10.6 Å². The second-order valence-electron chi connectivity index (χ2n) is 5.79. The predicted octanol–water partition coefficient (Wildman–Crippen LogP) is 0.754. The number of hydrogen-bond acceptors (Lipinski definition) is 4. The van der Waals surface area contributed by atoms with E-state index >= 15 is 0 Å². The van der Waals surface area contributed by atoms with Crippen molar-refractivity contribution in [2.45, 2.75) is 31.8 Å². The second-order valence-corrected chi connectivity index (χ2v) is 5.79. The topological polar surface area (TPSA) is 50.3 Å². The van der Waals surface area contributed by atoms with Gasteiger partial charge in [-0.15, -0.1) is 0 Å². The van der Waals surface area contributed by atoms with E-state index in [1.807, 2.05) is 11.7 Å². The number of nitrogens with two attached hydrogens (primary N) is 1. The van der Waals surface area contributed by atoms with Crippen LogP contribution in [0.5, 0.6) is 0 Å². The monoisotopic (exact) mass is 265 g/mol. The van der Waals surface area contributed by atoms with Crippen LogP contribution in [-0.4, -0.2) is 59.4 Å². The summed E-state index contributed by atoms with van der Waals surface area (Å²) in [4.78, 5) is 4.86. The number of aromatic nitrogens is 2. The molecule has 19 heavy (non-hydrogen) atoms. The number of hydrogen-bond donors (Lipinski definition) is 1. The molecular formula is C14H27N5. The van der Waals surface area contributed by atoms with Gasteiger partial charge in [-0.25, -0.2) is 0 Å². The molecule has 0 saturated carbocycles. The van der Waals surface area contributed by atoms with Crippen molar-refractivity contribution in [3.8, 4) is 0 Å². The van der Waals surface area contributed by atoms with Gasteiger partial charge in [0.1, 0.15) is 0 Å². The summed E-state index contributed by atoms with van der Waals surface area (Å²) < 4.78 is 1.88. The summed E-state index contributed by atoms with van der Waals surface area (Å²) in [5.41, 5.74) is 8.39. The zero-order valence-electron chi connectivity index (χ0n) is 12.6. The van der Waals surface area contributed by atoms with Gasteiger partial charge in [0.25, 0.3) is 0 Å². The van der Waals surface area contributed by atoms with E-state index in [2.05, 4.69) is 42.1 Å². The number of piperidine rings is 1. The average molecular weight is 265 g/mol. The Hall–Kier alpha value is -0.910. The zero-order chi connectivity index (χ0) is 14.0. The largest absolute Gasteiger partial charge is 0.329 e. The number of likely N-dealkylation sites (N-methyl/N-ethyl adjacent to an activating group) is 1. The van der Waals surface area contributed by atoms with Gasteiger partial charge >= 0.3 is 0 Å². The van der Waals surface area contributed by atoms with Gasteiger partial charge in [0.05, 0.1) is 11.7 Å². The number of nitrogens with zero attached hydrogens (tertiary/aromatic N) is 4. The summed E-state index contributed by atoms with van der Waals surface area (Å²) in [5.74, 6) is 0. The first kappa shape index (κ1) is 14.5. The first-order chi connectivity index (χ1) is 9.02. The molecule has 0 radical (unpaired) electrons. The summed E-state index contributed by atoms with van der Waals surface area (Å²) in [6.45, 7) is 5.08. The van der Waals surface area contributed by atoms with Crippen LogP contribution in [0, 0.1) is 6.92 Å². The first-order valence-electron chi connectivity index (χ1n) is 7.13. The van der Waals surface area contributed by atoms with Crippen LogP contribution < -0.4 is 5.73 Å². The van der Waals surface area contributed by atoms with Crippen molar-refractivity contribution in [2.75, 3.05) is 33.7 Å². The van der Waals surface area contributed by atoms with E-state index in [9.17, 15) is 0 Å². The van der Waals surface area contributed by atoms with E-state index < -0.39 is 0 Å². The Bertz CT molecular complexity index is 406. The normalized spacial score (nSPS) is 20.1. The molecule has 0 amide bonds. The second kappa shape index (κ2) is 6.03. The van der Waals surface area contributed by atoms with E-state index in [1.165, 1.54) is 31.5 Å². The molecule has 0 aromatic carbocycles. The Morgan fingerprint density at radius 2 is 2.05 bits per heavy atom. The number of rotatable bonds is 4. The highest BCUT2D eigenvalue weighted by Crippen LogP contribution is 2.26. The molecule has 1 aliphatic rings. The summed E-state index contributed by atoms with van der Waals surface area (Å²) in [6.07, 6.45) is 4.56. The van der Waals surface area contributed by atoms with Crippen LogP contribution in [0.1, 0.15) is 30.1 Å². The Labute approximate surface area is 116 Å². The SMILES string of the molecule is Cc1nn(C)cc1C(CN)N(C)C1CCN(C)CC1. The molecular weight excluding hydrogens is 238 g/mol. The number of likely N-dealkylation sites (tertiary alicyclic amines) is 1. The van der Waals surface area contributed by atoms with Crippen LogP contribution in [0.15, 0.2) is 6.20 Å². The van der Waals surface area contributed by atoms with Gasteiger partial charge in [0.15, 0.2) is 0 Å². The Kier molecular flexibility index (Phi) is 4.60. The maximum absolute atomic E-state index is 6.03. The van der Waals surface area contributed by atoms with Gasteiger partial charge in [-0.05, 0) is 47.0 Å². The molecule has 2 N–H and O–H groups in total. The van der Waals surface area contributed by atoms with Crippen molar-refractivity contribution in [3.63, 3.8) is 0 Å².